The highest BCUT2D eigenvalue weighted by molar-refractivity contribution is 6.21. The van der Waals surface area contributed by atoms with E-state index in [-0.39, 0.29) is 5.41 Å². The van der Waals surface area contributed by atoms with Crippen molar-refractivity contribution in [2.24, 2.45) is 0 Å². The molecule has 12 rings (SSSR count). The van der Waals surface area contributed by atoms with E-state index in [0.717, 1.165) is 61.6 Å². The average molecular weight is 885 g/mol. The Bertz CT molecular complexity index is 3820. The van der Waals surface area contributed by atoms with E-state index in [9.17, 15) is 0 Å². The Morgan fingerprint density at radius 2 is 1.19 bits per heavy atom. The van der Waals surface area contributed by atoms with Gasteiger partial charge in [-0.3, -0.25) is 0 Å². The molecule has 69 heavy (non-hydrogen) atoms. The summed E-state index contributed by atoms with van der Waals surface area (Å²) < 4.78 is 2.44. The van der Waals surface area contributed by atoms with Crippen molar-refractivity contribution in [3.8, 4) is 39.5 Å². The number of anilines is 3. The van der Waals surface area contributed by atoms with E-state index < -0.39 is 0 Å². The van der Waals surface area contributed by atoms with Crippen LogP contribution in [0.15, 0.2) is 243 Å². The van der Waals surface area contributed by atoms with Gasteiger partial charge in [-0.2, -0.15) is 0 Å². The van der Waals surface area contributed by atoms with Crippen molar-refractivity contribution >= 4 is 61.3 Å². The molecule has 0 aliphatic carbocycles. The third-order valence-corrected chi connectivity index (χ3v) is 13.8. The summed E-state index contributed by atoms with van der Waals surface area (Å²) in [6, 6.07) is 78.3. The molecule has 4 heteroatoms. The number of hydrogen-bond acceptors (Lipinski definition) is 3. The largest absolute Gasteiger partial charge is 0.310 e. The second-order valence-corrected chi connectivity index (χ2v) is 18.3. The molecule has 4 nitrogen and oxygen atoms in total. The Hall–Kier alpha value is -8.86. The van der Waals surface area contributed by atoms with Crippen LogP contribution >= 0.6 is 0 Å². The Balaban J connectivity index is 1.01. The van der Waals surface area contributed by atoms with Crippen molar-refractivity contribution < 1.29 is 0 Å². The minimum Gasteiger partial charge on any atom is -0.310 e. The van der Waals surface area contributed by atoms with Crippen molar-refractivity contribution in [3.63, 3.8) is 0 Å². The molecule has 2 aromatic heterocycles. The van der Waals surface area contributed by atoms with Crippen molar-refractivity contribution in [1.29, 1.82) is 0 Å². The predicted molar refractivity (Wildman–Crippen MR) is 291 cm³/mol. The monoisotopic (exact) mass is 884 g/mol. The molecule has 9 aromatic carbocycles. The summed E-state index contributed by atoms with van der Waals surface area (Å²) in [6.07, 6.45) is 8.06. The molecule has 0 fully saturated rings. The van der Waals surface area contributed by atoms with Crippen LogP contribution in [0.2, 0.25) is 0 Å². The fourth-order valence-electron chi connectivity index (χ4n) is 10.4. The number of hydrogen-bond donors (Lipinski definition) is 0. The lowest BCUT2D eigenvalue weighted by molar-refractivity contribution is 0.632. The van der Waals surface area contributed by atoms with Gasteiger partial charge < -0.3 is 9.47 Å². The second kappa shape index (κ2) is 17.1. The molecule has 3 heterocycles. The fourth-order valence-corrected chi connectivity index (χ4v) is 10.4. The molecule has 0 saturated heterocycles. The molecule has 0 saturated carbocycles. The minimum absolute atomic E-state index is 0.226. The van der Waals surface area contributed by atoms with Gasteiger partial charge in [0.05, 0.1) is 33.8 Å². The van der Waals surface area contributed by atoms with Crippen LogP contribution in [0.25, 0.3) is 83.7 Å². The minimum atomic E-state index is -0.226. The fraction of sp³-hybridized carbons (Fsp3) is 0.0462. The third-order valence-electron chi connectivity index (χ3n) is 13.8. The second-order valence-electron chi connectivity index (χ2n) is 18.3. The third kappa shape index (κ3) is 7.34. The lowest BCUT2D eigenvalue weighted by Crippen LogP contribution is -2.30. The van der Waals surface area contributed by atoms with E-state index in [0.29, 0.717) is 5.82 Å². The van der Waals surface area contributed by atoms with Gasteiger partial charge in [0.15, 0.2) is 5.82 Å². The molecular weight excluding hydrogens is 837 g/mol. The van der Waals surface area contributed by atoms with Crippen LogP contribution in [0.4, 0.5) is 17.1 Å². The predicted octanol–water partition coefficient (Wildman–Crippen LogP) is 17.1. The van der Waals surface area contributed by atoms with Crippen molar-refractivity contribution in [2.45, 2.75) is 19.3 Å². The SMILES string of the molecule is C=C/C(=C\C=C\c1cc(-c2cccc(-n3c4cc(-c5ccc6c(c5)C(C)(C)c5ccccc5N6c5ccccc5)ccc4c4c5ccccc5ccc43)c2)nc(-c2ccccc2)n1)c1ccccc1. The van der Waals surface area contributed by atoms with Crippen LogP contribution in [0.3, 0.4) is 0 Å². The summed E-state index contributed by atoms with van der Waals surface area (Å²) in [7, 11) is 0. The van der Waals surface area contributed by atoms with Gasteiger partial charge in [-0.05, 0) is 111 Å². The van der Waals surface area contributed by atoms with E-state index in [1.165, 1.54) is 49.6 Å². The van der Waals surface area contributed by atoms with Crippen LogP contribution in [-0.4, -0.2) is 14.5 Å². The van der Waals surface area contributed by atoms with Crippen LogP contribution in [0.5, 0.6) is 0 Å². The van der Waals surface area contributed by atoms with Gasteiger partial charge in [0.2, 0.25) is 0 Å². The summed E-state index contributed by atoms with van der Waals surface area (Å²) in [5.41, 5.74) is 17.4. The molecule has 11 aromatic rings. The maximum Gasteiger partial charge on any atom is 0.160 e. The first-order valence-electron chi connectivity index (χ1n) is 23.6. The zero-order valence-electron chi connectivity index (χ0n) is 38.6. The van der Waals surface area contributed by atoms with Gasteiger partial charge >= 0.3 is 0 Å². The Kier molecular flexibility index (Phi) is 10.3. The molecule has 1 aliphatic heterocycles. The smallest absolute Gasteiger partial charge is 0.160 e. The summed E-state index contributed by atoms with van der Waals surface area (Å²) >= 11 is 0. The molecule has 1 aliphatic rings. The molecule has 0 spiro atoms. The van der Waals surface area contributed by atoms with Gasteiger partial charge in [-0.1, -0.05) is 196 Å². The number of aromatic nitrogens is 3. The van der Waals surface area contributed by atoms with E-state index >= 15 is 0 Å². The van der Waals surface area contributed by atoms with Gasteiger partial charge in [0.25, 0.3) is 0 Å². The van der Waals surface area contributed by atoms with Crippen LogP contribution in [-0.2, 0) is 5.41 Å². The van der Waals surface area contributed by atoms with E-state index in [1.807, 2.05) is 54.6 Å². The Morgan fingerprint density at radius 1 is 0.507 bits per heavy atom. The number of nitrogens with zero attached hydrogens (tertiary/aromatic N) is 4. The zero-order valence-corrected chi connectivity index (χ0v) is 38.6. The van der Waals surface area contributed by atoms with Crippen LogP contribution in [0, 0.1) is 0 Å². The average Bonchev–Trinajstić information content (AvgIpc) is 3.75. The van der Waals surface area contributed by atoms with Crippen molar-refractivity contribution in [2.75, 3.05) is 4.90 Å². The Labute approximate surface area is 403 Å². The Morgan fingerprint density at radius 3 is 2.01 bits per heavy atom. The summed E-state index contributed by atoms with van der Waals surface area (Å²) in [6.45, 7) is 8.80. The van der Waals surface area contributed by atoms with Crippen LogP contribution in [0.1, 0.15) is 36.2 Å². The molecule has 0 N–H and O–H groups in total. The van der Waals surface area contributed by atoms with Gasteiger partial charge in [0.1, 0.15) is 0 Å². The number of fused-ring (bicyclic) bond motifs is 7. The highest BCUT2D eigenvalue weighted by Crippen LogP contribution is 2.52. The van der Waals surface area contributed by atoms with Gasteiger partial charge in [-0.15, -0.1) is 0 Å². The summed E-state index contributed by atoms with van der Waals surface area (Å²) in [5, 5.41) is 4.90. The highest BCUT2D eigenvalue weighted by atomic mass is 15.2. The normalized spacial score (nSPS) is 13.2. The number of benzene rings is 9. The molecule has 0 amide bonds. The van der Waals surface area contributed by atoms with Crippen molar-refractivity contribution in [1.82, 2.24) is 14.5 Å². The van der Waals surface area contributed by atoms with Crippen LogP contribution < -0.4 is 4.90 Å². The topological polar surface area (TPSA) is 34.0 Å². The van der Waals surface area contributed by atoms with Crippen molar-refractivity contribution in [3.05, 3.63) is 266 Å². The number of allylic oxidation sites excluding steroid dienone is 4. The van der Waals surface area contributed by atoms with E-state index in [2.05, 4.69) is 218 Å². The number of rotatable bonds is 9. The molecule has 328 valence electrons. The van der Waals surface area contributed by atoms with E-state index in [4.69, 9.17) is 9.97 Å². The first-order valence-corrected chi connectivity index (χ1v) is 23.6. The number of para-hydroxylation sites is 2. The molecular formula is C65H48N4. The zero-order chi connectivity index (χ0) is 46.5. The molecule has 0 bridgehead atoms. The quantitative estimate of drug-likeness (QED) is 0.135. The maximum absolute atomic E-state index is 5.22. The molecule has 0 atom stereocenters. The van der Waals surface area contributed by atoms with E-state index in [1.54, 1.807) is 0 Å². The first kappa shape index (κ1) is 41.6. The molecule has 0 radical (unpaired) electrons. The standard InChI is InChI=1S/C65H48N4/c1-4-44(45-20-8-5-9-21-45)25-18-27-51-43-58(67-64(66-51)47-23-10-6-11-24-47)50-26-19-30-53(40-50)69-61-39-35-46-22-14-15-31-54(46)63(61)55-37-34-49(42-62(55)69)48-36-38-60-57(41-48)65(2,3)56-32-16-17-33-59(56)68(60)52-28-12-7-13-29-52/h4-43H,1H2,2-3H3/b27-18+,44-25+. The van der Waals surface area contributed by atoms with Gasteiger partial charge in [-0.25, -0.2) is 9.97 Å². The lowest BCUT2D eigenvalue weighted by Gasteiger charge is -2.42. The molecule has 0 unspecified atom stereocenters. The summed E-state index contributed by atoms with van der Waals surface area (Å²) in [5.74, 6) is 0.672. The maximum atomic E-state index is 5.22. The lowest BCUT2D eigenvalue weighted by atomic mass is 9.73. The first-order chi connectivity index (χ1) is 33.9. The summed E-state index contributed by atoms with van der Waals surface area (Å²) in [4.78, 5) is 12.7. The van der Waals surface area contributed by atoms with Gasteiger partial charge in [0, 0.05) is 38.7 Å². The highest BCUT2D eigenvalue weighted by Gasteiger charge is 2.37.